The van der Waals surface area contributed by atoms with Gasteiger partial charge in [0.2, 0.25) is 0 Å². The molecule has 0 aliphatic carbocycles. The van der Waals surface area contributed by atoms with Crippen LogP contribution < -0.4 is 0 Å². The van der Waals surface area contributed by atoms with Gasteiger partial charge in [0.1, 0.15) is 22.5 Å². The average molecular weight is 319 g/mol. The lowest BCUT2D eigenvalue weighted by atomic mass is 10.1. The van der Waals surface area contributed by atoms with Crippen LogP contribution in [0, 0.1) is 11.6 Å². The molecule has 6 heteroatoms. The molecule has 0 atom stereocenters. The molecular weight excluding hydrogens is 310 g/mol. The first-order chi connectivity index (χ1) is 10.6. The highest BCUT2D eigenvalue weighted by atomic mass is 35.5. The first kappa shape index (κ1) is 14.4. The van der Waals surface area contributed by atoms with Gasteiger partial charge in [0.15, 0.2) is 6.29 Å². The second-order valence-electron chi connectivity index (χ2n) is 4.51. The standard InChI is InChI=1S/C16H9ClF2N2O/c17-16-11(9-22)15(14-12(18)7-4-8-13(14)19)20-21(16)10-5-2-1-3-6-10/h1-9H. The van der Waals surface area contributed by atoms with Crippen molar-refractivity contribution in [2.45, 2.75) is 0 Å². The largest absolute Gasteiger partial charge is 0.298 e. The van der Waals surface area contributed by atoms with Crippen LogP contribution in [-0.4, -0.2) is 16.1 Å². The highest BCUT2D eigenvalue weighted by Crippen LogP contribution is 2.32. The van der Waals surface area contributed by atoms with E-state index >= 15 is 0 Å². The Hall–Kier alpha value is -2.53. The molecule has 0 unspecified atom stereocenters. The minimum Gasteiger partial charge on any atom is -0.298 e. The fourth-order valence-corrected chi connectivity index (χ4v) is 2.43. The second-order valence-corrected chi connectivity index (χ2v) is 4.87. The second kappa shape index (κ2) is 5.69. The molecule has 0 radical (unpaired) electrons. The third-order valence-electron chi connectivity index (χ3n) is 3.18. The van der Waals surface area contributed by atoms with E-state index in [1.54, 1.807) is 30.3 Å². The molecule has 0 fully saturated rings. The summed E-state index contributed by atoms with van der Waals surface area (Å²) >= 11 is 6.14. The van der Waals surface area contributed by atoms with E-state index in [2.05, 4.69) is 5.10 Å². The SMILES string of the molecule is O=Cc1c(-c2c(F)cccc2F)nn(-c2ccccc2)c1Cl. The molecule has 22 heavy (non-hydrogen) atoms. The monoisotopic (exact) mass is 318 g/mol. The molecule has 110 valence electrons. The van der Waals surface area contributed by atoms with Crippen LogP contribution in [0.5, 0.6) is 0 Å². The molecule has 0 aliphatic rings. The zero-order valence-electron chi connectivity index (χ0n) is 11.1. The lowest BCUT2D eigenvalue weighted by molar-refractivity contribution is 0.112. The molecule has 3 nitrogen and oxygen atoms in total. The van der Waals surface area contributed by atoms with Crippen molar-refractivity contribution in [2.24, 2.45) is 0 Å². The molecule has 0 aliphatic heterocycles. The summed E-state index contributed by atoms with van der Waals surface area (Å²) < 4.78 is 29.2. The van der Waals surface area contributed by atoms with Crippen molar-refractivity contribution >= 4 is 17.9 Å². The average Bonchev–Trinajstić information content (AvgIpc) is 2.84. The molecule has 2 aromatic carbocycles. The maximum Gasteiger partial charge on any atom is 0.155 e. The van der Waals surface area contributed by atoms with Gasteiger partial charge >= 0.3 is 0 Å². The molecule has 0 amide bonds. The van der Waals surface area contributed by atoms with Crippen molar-refractivity contribution in [3.05, 3.63) is 70.9 Å². The van der Waals surface area contributed by atoms with Gasteiger partial charge in [-0.05, 0) is 24.3 Å². The zero-order valence-corrected chi connectivity index (χ0v) is 11.9. The Morgan fingerprint density at radius 2 is 1.64 bits per heavy atom. The predicted octanol–water partition coefficient (Wildman–Crippen LogP) is 4.28. The number of carbonyl (C=O) groups excluding carboxylic acids is 1. The molecule has 1 aromatic heterocycles. The van der Waals surface area contributed by atoms with Crippen molar-refractivity contribution in [1.82, 2.24) is 9.78 Å². The zero-order chi connectivity index (χ0) is 15.7. The van der Waals surface area contributed by atoms with Crippen LogP contribution in [0.4, 0.5) is 8.78 Å². The van der Waals surface area contributed by atoms with E-state index in [1.165, 1.54) is 10.7 Å². The lowest BCUT2D eigenvalue weighted by Gasteiger charge is -2.02. The van der Waals surface area contributed by atoms with E-state index in [9.17, 15) is 13.6 Å². The normalized spacial score (nSPS) is 10.7. The summed E-state index contributed by atoms with van der Waals surface area (Å²) in [5.74, 6) is -1.62. The lowest BCUT2D eigenvalue weighted by Crippen LogP contribution is -1.97. The molecule has 0 bridgehead atoms. The fraction of sp³-hybridized carbons (Fsp3) is 0. The van der Waals surface area contributed by atoms with Gasteiger partial charge in [-0.3, -0.25) is 4.79 Å². The van der Waals surface area contributed by atoms with Crippen LogP contribution in [0.15, 0.2) is 48.5 Å². The Labute approximate surface area is 129 Å². The van der Waals surface area contributed by atoms with Crippen molar-refractivity contribution in [3.8, 4) is 16.9 Å². The first-order valence-corrected chi connectivity index (χ1v) is 6.74. The minimum absolute atomic E-state index is 0.00106. The van der Waals surface area contributed by atoms with Crippen LogP contribution >= 0.6 is 11.6 Å². The Balaban J connectivity index is 2.28. The molecule has 3 aromatic rings. The Morgan fingerprint density at radius 3 is 2.23 bits per heavy atom. The smallest absolute Gasteiger partial charge is 0.155 e. The topological polar surface area (TPSA) is 34.9 Å². The number of hydrogen-bond donors (Lipinski definition) is 0. The summed E-state index contributed by atoms with van der Waals surface area (Å²) in [6.45, 7) is 0. The van der Waals surface area contributed by atoms with Crippen LogP contribution in [0.1, 0.15) is 10.4 Å². The third-order valence-corrected chi connectivity index (χ3v) is 3.55. The molecule has 0 spiro atoms. The summed E-state index contributed by atoms with van der Waals surface area (Å²) in [6.07, 6.45) is 0.440. The maximum atomic E-state index is 13.9. The number of benzene rings is 2. The summed E-state index contributed by atoms with van der Waals surface area (Å²) in [5.41, 5.74) is 0.0220. The van der Waals surface area contributed by atoms with Crippen LogP contribution in [0.3, 0.4) is 0 Å². The molecule has 3 rings (SSSR count). The quantitative estimate of drug-likeness (QED) is 0.675. The minimum atomic E-state index is -0.808. The van der Waals surface area contributed by atoms with Gasteiger partial charge in [-0.1, -0.05) is 35.9 Å². The van der Waals surface area contributed by atoms with Gasteiger partial charge in [-0.2, -0.15) is 5.10 Å². The number of nitrogens with zero attached hydrogens (tertiary/aromatic N) is 2. The van der Waals surface area contributed by atoms with Gasteiger partial charge in [0, 0.05) is 0 Å². The molecule has 0 N–H and O–H groups in total. The molecule has 0 saturated heterocycles. The number of halogens is 3. The van der Waals surface area contributed by atoms with E-state index in [1.807, 2.05) is 0 Å². The van der Waals surface area contributed by atoms with Crippen LogP contribution in [0.25, 0.3) is 16.9 Å². The number of para-hydroxylation sites is 1. The molecule has 0 saturated carbocycles. The first-order valence-electron chi connectivity index (χ1n) is 6.37. The summed E-state index contributed by atoms with van der Waals surface area (Å²) in [5, 5.41) is 4.12. The summed E-state index contributed by atoms with van der Waals surface area (Å²) in [7, 11) is 0. The van der Waals surface area contributed by atoms with E-state index in [4.69, 9.17) is 11.6 Å². The van der Waals surface area contributed by atoms with Gasteiger partial charge in [0.25, 0.3) is 0 Å². The highest BCUT2D eigenvalue weighted by Gasteiger charge is 2.23. The van der Waals surface area contributed by atoms with Gasteiger partial charge in [-0.15, -0.1) is 0 Å². The van der Waals surface area contributed by atoms with Gasteiger partial charge < -0.3 is 0 Å². The fourth-order valence-electron chi connectivity index (χ4n) is 2.16. The maximum absolute atomic E-state index is 13.9. The van der Waals surface area contributed by atoms with E-state index in [0.717, 1.165) is 12.1 Å². The number of carbonyl (C=O) groups is 1. The predicted molar refractivity (Wildman–Crippen MR) is 79.3 cm³/mol. The number of rotatable bonds is 3. The molecular formula is C16H9ClF2N2O. The Bertz CT molecular complexity index is 827. The van der Waals surface area contributed by atoms with Gasteiger partial charge in [-0.25, -0.2) is 13.5 Å². The van der Waals surface area contributed by atoms with Crippen LogP contribution in [0.2, 0.25) is 5.15 Å². The van der Waals surface area contributed by atoms with Crippen molar-refractivity contribution in [3.63, 3.8) is 0 Å². The van der Waals surface area contributed by atoms with Crippen LogP contribution in [-0.2, 0) is 0 Å². The molecule has 1 heterocycles. The van der Waals surface area contributed by atoms with E-state index in [0.29, 0.717) is 12.0 Å². The van der Waals surface area contributed by atoms with Gasteiger partial charge in [0.05, 0.1) is 16.8 Å². The number of aldehydes is 1. The van der Waals surface area contributed by atoms with Crippen molar-refractivity contribution < 1.29 is 13.6 Å². The van der Waals surface area contributed by atoms with Crippen molar-refractivity contribution in [2.75, 3.05) is 0 Å². The Kier molecular flexibility index (Phi) is 3.73. The van der Waals surface area contributed by atoms with Crippen molar-refractivity contribution in [1.29, 1.82) is 0 Å². The number of hydrogen-bond acceptors (Lipinski definition) is 2. The third kappa shape index (κ3) is 2.29. The summed E-state index contributed by atoms with van der Waals surface area (Å²) in [6, 6.07) is 12.2. The summed E-state index contributed by atoms with van der Waals surface area (Å²) in [4.78, 5) is 11.3. The highest BCUT2D eigenvalue weighted by molar-refractivity contribution is 6.32. The number of aromatic nitrogens is 2. The van der Waals surface area contributed by atoms with E-state index < -0.39 is 11.6 Å². The Morgan fingerprint density at radius 1 is 1.00 bits per heavy atom. The van der Waals surface area contributed by atoms with E-state index in [-0.39, 0.29) is 22.0 Å².